The Morgan fingerprint density at radius 3 is 2.61 bits per heavy atom. The Bertz CT molecular complexity index is 480. The third-order valence-electron chi connectivity index (χ3n) is 4.05. The van der Waals surface area contributed by atoms with Crippen LogP contribution in [0.4, 0.5) is 0 Å². The first kappa shape index (κ1) is 11.8. The molecule has 2 aliphatic carbocycles. The van der Waals surface area contributed by atoms with Crippen LogP contribution in [-0.2, 0) is 0 Å². The lowest BCUT2D eigenvalue weighted by Gasteiger charge is -2.18. The topological polar surface area (TPSA) is 29.1 Å². The summed E-state index contributed by atoms with van der Waals surface area (Å²) in [5.41, 5.74) is 0.679. The number of fused-ring (bicyclic) bond motifs is 2. The van der Waals surface area contributed by atoms with Crippen LogP contribution in [0.1, 0.15) is 23.2 Å². The van der Waals surface area contributed by atoms with Crippen LogP contribution in [0.15, 0.2) is 36.4 Å². The minimum Gasteiger partial charge on any atom is -0.352 e. The molecule has 18 heavy (non-hydrogen) atoms. The van der Waals surface area contributed by atoms with Crippen molar-refractivity contribution >= 4 is 17.5 Å². The van der Waals surface area contributed by atoms with E-state index in [0.717, 1.165) is 12.5 Å². The lowest BCUT2D eigenvalue weighted by molar-refractivity contribution is 0.0945. The monoisotopic (exact) mass is 261 g/mol. The van der Waals surface area contributed by atoms with E-state index < -0.39 is 0 Å². The maximum absolute atomic E-state index is 11.9. The van der Waals surface area contributed by atoms with Gasteiger partial charge in [0, 0.05) is 17.1 Å². The molecule has 1 saturated carbocycles. The lowest BCUT2D eigenvalue weighted by atomic mass is 9.93. The van der Waals surface area contributed by atoms with Gasteiger partial charge in [-0.1, -0.05) is 23.8 Å². The van der Waals surface area contributed by atoms with E-state index in [0.29, 0.717) is 22.4 Å². The standard InChI is InChI=1S/C15H16ClNO/c16-14-5-3-11(4-6-14)15(18)17-9-13-8-10-1-2-12(13)7-10/h1-6,10,12-13H,7-9H2,(H,17,18)/t10-,12+,13+/m1/s1. The van der Waals surface area contributed by atoms with Crippen molar-refractivity contribution in [2.24, 2.45) is 17.8 Å². The van der Waals surface area contributed by atoms with Crippen molar-refractivity contribution < 1.29 is 4.79 Å². The maximum atomic E-state index is 11.9. The highest BCUT2D eigenvalue weighted by Crippen LogP contribution is 2.42. The first-order valence-corrected chi connectivity index (χ1v) is 6.82. The molecule has 0 unspecified atom stereocenters. The van der Waals surface area contributed by atoms with Crippen LogP contribution in [0.3, 0.4) is 0 Å². The van der Waals surface area contributed by atoms with Crippen LogP contribution >= 0.6 is 11.6 Å². The average Bonchev–Trinajstić information content (AvgIpc) is 2.99. The average molecular weight is 262 g/mol. The zero-order valence-electron chi connectivity index (χ0n) is 10.1. The molecule has 0 aromatic heterocycles. The second-order valence-electron chi connectivity index (χ2n) is 5.26. The summed E-state index contributed by atoms with van der Waals surface area (Å²) in [4.78, 5) is 11.9. The second-order valence-corrected chi connectivity index (χ2v) is 5.69. The minimum atomic E-state index is -0.00146. The third-order valence-corrected chi connectivity index (χ3v) is 4.30. The molecule has 0 heterocycles. The molecule has 1 N–H and O–H groups in total. The van der Waals surface area contributed by atoms with Gasteiger partial charge in [0.1, 0.15) is 0 Å². The van der Waals surface area contributed by atoms with Gasteiger partial charge in [-0.2, -0.15) is 0 Å². The Hall–Kier alpha value is -1.28. The summed E-state index contributed by atoms with van der Waals surface area (Å²) < 4.78 is 0. The van der Waals surface area contributed by atoms with Gasteiger partial charge in [-0.25, -0.2) is 0 Å². The van der Waals surface area contributed by atoms with Gasteiger partial charge in [0.05, 0.1) is 0 Å². The molecule has 1 amide bonds. The van der Waals surface area contributed by atoms with Crippen LogP contribution in [-0.4, -0.2) is 12.5 Å². The van der Waals surface area contributed by atoms with Crippen molar-refractivity contribution in [3.8, 4) is 0 Å². The van der Waals surface area contributed by atoms with Crippen molar-refractivity contribution in [1.82, 2.24) is 5.32 Å². The van der Waals surface area contributed by atoms with Gasteiger partial charge in [0.15, 0.2) is 0 Å². The van der Waals surface area contributed by atoms with Crippen LogP contribution in [0.5, 0.6) is 0 Å². The molecule has 2 bridgehead atoms. The SMILES string of the molecule is O=C(NC[C@@H]1C[C@@H]2C=C[C@H]1C2)c1ccc(Cl)cc1. The first-order chi connectivity index (χ1) is 8.72. The van der Waals surface area contributed by atoms with Gasteiger partial charge in [-0.15, -0.1) is 0 Å². The number of carbonyl (C=O) groups is 1. The summed E-state index contributed by atoms with van der Waals surface area (Å²) in [5, 5.41) is 3.69. The molecule has 1 aromatic rings. The number of halogens is 1. The third kappa shape index (κ3) is 2.30. The maximum Gasteiger partial charge on any atom is 0.251 e. The van der Waals surface area contributed by atoms with Crippen molar-refractivity contribution in [2.45, 2.75) is 12.8 Å². The van der Waals surface area contributed by atoms with E-state index in [-0.39, 0.29) is 5.91 Å². The Morgan fingerprint density at radius 2 is 2.00 bits per heavy atom. The van der Waals surface area contributed by atoms with E-state index in [1.165, 1.54) is 12.8 Å². The van der Waals surface area contributed by atoms with Gasteiger partial charge in [0.25, 0.3) is 5.91 Å². The number of nitrogens with one attached hydrogen (secondary N) is 1. The number of benzene rings is 1. The van der Waals surface area contributed by atoms with E-state index >= 15 is 0 Å². The Balaban J connectivity index is 1.56. The zero-order chi connectivity index (χ0) is 12.5. The van der Waals surface area contributed by atoms with E-state index in [9.17, 15) is 4.79 Å². The number of hydrogen-bond donors (Lipinski definition) is 1. The quantitative estimate of drug-likeness (QED) is 0.832. The number of hydrogen-bond acceptors (Lipinski definition) is 1. The molecule has 1 aromatic carbocycles. The van der Waals surface area contributed by atoms with Crippen LogP contribution in [0.2, 0.25) is 5.02 Å². The molecular weight excluding hydrogens is 246 g/mol. The predicted molar refractivity (Wildman–Crippen MR) is 72.6 cm³/mol. The van der Waals surface area contributed by atoms with Gasteiger partial charge in [-0.3, -0.25) is 4.79 Å². The summed E-state index contributed by atoms with van der Waals surface area (Å²) >= 11 is 5.80. The molecule has 2 aliphatic rings. The fraction of sp³-hybridized carbons (Fsp3) is 0.400. The fourth-order valence-corrected chi connectivity index (χ4v) is 3.18. The number of carbonyl (C=O) groups excluding carboxylic acids is 1. The molecule has 3 heteroatoms. The molecule has 0 spiro atoms. The molecular formula is C15H16ClNO. The summed E-state index contributed by atoms with van der Waals surface area (Å²) in [5.74, 6) is 2.06. The highest BCUT2D eigenvalue weighted by atomic mass is 35.5. The molecule has 3 rings (SSSR count). The molecule has 0 saturated heterocycles. The van der Waals surface area contributed by atoms with E-state index in [2.05, 4.69) is 17.5 Å². The smallest absolute Gasteiger partial charge is 0.251 e. The first-order valence-electron chi connectivity index (χ1n) is 6.44. The Kier molecular flexibility index (Phi) is 3.13. The summed E-state index contributed by atoms with van der Waals surface area (Å²) in [7, 11) is 0. The lowest BCUT2D eigenvalue weighted by Crippen LogP contribution is -2.30. The molecule has 3 atom stereocenters. The molecule has 94 valence electrons. The van der Waals surface area contributed by atoms with Crippen LogP contribution in [0.25, 0.3) is 0 Å². The van der Waals surface area contributed by atoms with Gasteiger partial charge in [0.2, 0.25) is 0 Å². The fourth-order valence-electron chi connectivity index (χ4n) is 3.06. The predicted octanol–water partition coefficient (Wildman–Crippen LogP) is 3.28. The minimum absolute atomic E-state index is 0.00146. The van der Waals surface area contributed by atoms with Gasteiger partial charge >= 0.3 is 0 Å². The summed E-state index contributed by atoms with van der Waals surface area (Å²) in [6.45, 7) is 0.785. The van der Waals surface area contributed by atoms with Crippen LogP contribution in [0, 0.1) is 17.8 Å². The summed E-state index contributed by atoms with van der Waals surface area (Å²) in [6.07, 6.45) is 7.14. The van der Waals surface area contributed by atoms with Crippen molar-refractivity contribution in [3.05, 3.63) is 47.0 Å². The largest absolute Gasteiger partial charge is 0.352 e. The van der Waals surface area contributed by atoms with Crippen molar-refractivity contribution in [1.29, 1.82) is 0 Å². The van der Waals surface area contributed by atoms with Crippen molar-refractivity contribution in [2.75, 3.05) is 6.54 Å². The zero-order valence-corrected chi connectivity index (χ0v) is 10.9. The molecule has 0 radical (unpaired) electrons. The van der Waals surface area contributed by atoms with E-state index in [1.807, 2.05) is 0 Å². The summed E-state index contributed by atoms with van der Waals surface area (Å²) in [6, 6.07) is 7.02. The molecule has 1 fully saturated rings. The van der Waals surface area contributed by atoms with E-state index in [1.54, 1.807) is 24.3 Å². The second kappa shape index (κ2) is 4.77. The highest BCUT2D eigenvalue weighted by Gasteiger charge is 2.35. The van der Waals surface area contributed by atoms with Gasteiger partial charge in [-0.05, 0) is 54.9 Å². The van der Waals surface area contributed by atoms with Crippen molar-refractivity contribution in [3.63, 3.8) is 0 Å². The number of allylic oxidation sites excluding steroid dienone is 2. The molecule has 2 nitrogen and oxygen atoms in total. The normalized spacial score (nSPS) is 28.6. The highest BCUT2D eigenvalue weighted by molar-refractivity contribution is 6.30. The number of amides is 1. The van der Waals surface area contributed by atoms with Crippen LogP contribution < -0.4 is 5.32 Å². The van der Waals surface area contributed by atoms with Gasteiger partial charge < -0.3 is 5.32 Å². The van der Waals surface area contributed by atoms with E-state index in [4.69, 9.17) is 11.6 Å². The Labute approximate surface area is 112 Å². The molecule has 0 aliphatic heterocycles. The number of rotatable bonds is 3. The Morgan fingerprint density at radius 1 is 1.22 bits per heavy atom.